The van der Waals surface area contributed by atoms with Crippen LogP contribution in [0.2, 0.25) is 0 Å². The van der Waals surface area contributed by atoms with Gasteiger partial charge in [-0.25, -0.2) is 0 Å². The Kier molecular flexibility index (Phi) is 6.80. The molecule has 0 aromatic carbocycles. The lowest BCUT2D eigenvalue weighted by molar-refractivity contribution is -0.126. The molecule has 0 aliphatic heterocycles. The minimum Gasteiger partial charge on any atom is -0.354 e. The highest BCUT2D eigenvalue weighted by atomic mass is 16.2. The predicted molar refractivity (Wildman–Crippen MR) is 55.8 cm³/mol. The van der Waals surface area contributed by atoms with Crippen molar-refractivity contribution < 1.29 is 9.59 Å². The van der Waals surface area contributed by atoms with Crippen LogP contribution in [-0.2, 0) is 9.59 Å². The molecule has 0 unspecified atom stereocenters. The fourth-order valence-corrected chi connectivity index (χ4v) is 0.875. The monoisotopic (exact) mass is 200 g/mol. The molecular formula is C10H20N2O2. The first-order valence-electron chi connectivity index (χ1n) is 5.09. The zero-order chi connectivity index (χ0) is 11.0. The molecule has 0 saturated carbocycles. The van der Waals surface area contributed by atoms with Gasteiger partial charge in [0.15, 0.2) is 0 Å². The topological polar surface area (TPSA) is 58.2 Å². The second-order valence-corrected chi connectivity index (χ2v) is 3.72. The van der Waals surface area contributed by atoms with Crippen molar-refractivity contribution in [3.63, 3.8) is 0 Å². The number of nitrogens with one attached hydrogen (secondary N) is 2. The van der Waals surface area contributed by atoms with Crippen molar-refractivity contribution in [3.8, 4) is 0 Å². The molecule has 0 spiro atoms. The molecule has 2 N–H and O–H groups in total. The lowest BCUT2D eigenvalue weighted by Gasteiger charge is -2.08. The second-order valence-electron chi connectivity index (χ2n) is 3.72. The SMILES string of the molecule is CCCC(=O)NCC(=O)NCC(C)C. The summed E-state index contributed by atoms with van der Waals surface area (Å²) < 4.78 is 0. The Morgan fingerprint density at radius 2 is 1.79 bits per heavy atom. The Morgan fingerprint density at radius 1 is 1.14 bits per heavy atom. The Labute approximate surface area is 85.4 Å². The Balaban J connectivity index is 3.48. The highest BCUT2D eigenvalue weighted by molar-refractivity contribution is 5.84. The fraction of sp³-hybridized carbons (Fsp3) is 0.800. The van der Waals surface area contributed by atoms with Crippen LogP contribution in [0.3, 0.4) is 0 Å². The van der Waals surface area contributed by atoms with Crippen LogP contribution in [0.15, 0.2) is 0 Å². The maximum Gasteiger partial charge on any atom is 0.239 e. The van der Waals surface area contributed by atoms with E-state index in [1.807, 2.05) is 20.8 Å². The van der Waals surface area contributed by atoms with Gasteiger partial charge in [-0.05, 0) is 12.3 Å². The Hall–Kier alpha value is -1.06. The molecule has 0 heterocycles. The van der Waals surface area contributed by atoms with E-state index in [0.29, 0.717) is 18.9 Å². The van der Waals surface area contributed by atoms with Crippen molar-refractivity contribution in [1.82, 2.24) is 10.6 Å². The van der Waals surface area contributed by atoms with Gasteiger partial charge in [0.25, 0.3) is 0 Å². The third-order valence-electron chi connectivity index (χ3n) is 1.63. The van der Waals surface area contributed by atoms with Gasteiger partial charge in [-0.2, -0.15) is 0 Å². The van der Waals surface area contributed by atoms with Gasteiger partial charge in [-0.3, -0.25) is 9.59 Å². The van der Waals surface area contributed by atoms with Gasteiger partial charge in [-0.1, -0.05) is 20.8 Å². The van der Waals surface area contributed by atoms with Crippen molar-refractivity contribution in [2.24, 2.45) is 5.92 Å². The van der Waals surface area contributed by atoms with Gasteiger partial charge in [0.05, 0.1) is 6.54 Å². The highest BCUT2D eigenvalue weighted by Crippen LogP contribution is 1.87. The summed E-state index contributed by atoms with van der Waals surface area (Å²) in [5.74, 6) is 0.251. The van der Waals surface area contributed by atoms with Crippen molar-refractivity contribution >= 4 is 11.8 Å². The fourth-order valence-electron chi connectivity index (χ4n) is 0.875. The van der Waals surface area contributed by atoms with E-state index in [-0.39, 0.29) is 18.4 Å². The number of amides is 2. The average molecular weight is 200 g/mol. The van der Waals surface area contributed by atoms with Gasteiger partial charge in [0.2, 0.25) is 11.8 Å². The van der Waals surface area contributed by atoms with Crippen LogP contribution in [-0.4, -0.2) is 24.9 Å². The van der Waals surface area contributed by atoms with E-state index in [1.165, 1.54) is 0 Å². The summed E-state index contributed by atoms with van der Waals surface area (Å²) >= 11 is 0. The predicted octanol–water partition coefficient (Wildman–Crippen LogP) is 0.675. The van der Waals surface area contributed by atoms with Crippen LogP contribution in [0.4, 0.5) is 0 Å². The molecule has 0 aliphatic rings. The summed E-state index contributed by atoms with van der Waals surface area (Å²) in [4.78, 5) is 22.1. The van der Waals surface area contributed by atoms with Gasteiger partial charge in [-0.15, -0.1) is 0 Å². The van der Waals surface area contributed by atoms with Crippen LogP contribution in [0, 0.1) is 5.92 Å². The molecule has 2 amide bonds. The van der Waals surface area contributed by atoms with Gasteiger partial charge in [0.1, 0.15) is 0 Å². The van der Waals surface area contributed by atoms with Gasteiger partial charge < -0.3 is 10.6 Å². The molecule has 0 aromatic heterocycles. The summed E-state index contributed by atoms with van der Waals surface area (Å²) in [7, 11) is 0. The lowest BCUT2D eigenvalue weighted by atomic mass is 10.2. The van der Waals surface area contributed by atoms with Crippen molar-refractivity contribution in [3.05, 3.63) is 0 Å². The molecule has 0 aliphatic carbocycles. The molecular weight excluding hydrogens is 180 g/mol. The van der Waals surface area contributed by atoms with Gasteiger partial charge in [0, 0.05) is 13.0 Å². The molecule has 0 aromatic rings. The van der Waals surface area contributed by atoms with E-state index >= 15 is 0 Å². The Bertz CT molecular complexity index is 191. The normalized spacial score (nSPS) is 10.0. The smallest absolute Gasteiger partial charge is 0.239 e. The van der Waals surface area contributed by atoms with E-state index in [0.717, 1.165) is 6.42 Å². The molecule has 0 fully saturated rings. The van der Waals surface area contributed by atoms with Crippen molar-refractivity contribution in [2.75, 3.05) is 13.1 Å². The summed E-state index contributed by atoms with van der Waals surface area (Å²) in [5.41, 5.74) is 0. The molecule has 0 atom stereocenters. The number of rotatable bonds is 6. The average Bonchev–Trinajstić information content (AvgIpc) is 2.12. The third kappa shape index (κ3) is 7.58. The van der Waals surface area contributed by atoms with Crippen LogP contribution < -0.4 is 10.6 Å². The van der Waals surface area contributed by atoms with Crippen molar-refractivity contribution in [2.45, 2.75) is 33.6 Å². The minimum atomic E-state index is -0.122. The molecule has 0 radical (unpaired) electrons. The van der Waals surface area contributed by atoms with E-state index in [1.54, 1.807) is 0 Å². The molecule has 0 rings (SSSR count). The molecule has 0 bridgehead atoms. The first-order chi connectivity index (χ1) is 6.56. The maximum atomic E-state index is 11.1. The van der Waals surface area contributed by atoms with E-state index < -0.39 is 0 Å². The quantitative estimate of drug-likeness (QED) is 0.662. The number of carbonyl (C=O) groups is 2. The van der Waals surface area contributed by atoms with Crippen LogP contribution >= 0.6 is 0 Å². The lowest BCUT2D eigenvalue weighted by Crippen LogP contribution is -2.38. The first kappa shape index (κ1) is 12.9. The molecule has 4 heteroatoms. The molecule has 14 heavy (non-hydrogen) atoms. The molecule has 82 valence electrons. The Morgan fingerprint density at radius 3 is 2.29 bits per heavy atom. The summed E-state index contributed by atoms with van der Waals surface area (Å²) in [6, 6.07) is 0. The van der Waals surface area contributed by atoms with E-state index in [2.05, 4.69) is 10.6 Å². The van der Waals surface area contributed by atoms with E-state index in [4.69, 9.17) is 0 Å². The van der Waals surface area contributed by atoms with Crippen molar-refractivity contribution in [1.29, 1.82) is 0 Å². The van der Waals surface area contributed by atoms with Gasteiger partial charge >= 0.3 is 0 Å². The highest BCUT2D eigenvalue weighted by Gasteiger charge is 2.04. The molecule has 4 nitrogen and oxygen atoms in total. The molecule has 0 saturated heterocycles. The van der Waals surface area contributed by atoms with Crippen LogP contribution in [0.25, 0.3) is 0 Å². The zero-order valence-electron chi connectivity index (χ0n) is 9.22. The first-order valence-corrected chi connectivity index (χ1v) is 5.09. The maximum absolute atomic E-state index is 11.1. The van der Waals surface area contributed by atoms with Crippen LogP contribution in [0.1, 0.15) is 33.6 Å². The summed E-state index contributed by atoms with van der Waals surface area (Å²) in [6.07, 6.45) is 1.29. The minimum absolute atomic E-state index is 0.0628. The number of hydrogen-bond acceptors (Lipinski definition) is 2. The summed E-state index contributed by atoms with van der Waals surface area (Å²) in [5, 5.41) is 5.28. The zero-order valence-corrected chi connectivity index (χ0v) is 9.22. The number of carbonyl (C=O) groups excluding carboxylic acids is 2. The third-order valence-corrected chi connectivity index (χ3v) is 1.63. The van der Waals surface area contributed by atoms with E-state index in [9.17, 15) is 9.59 Å². The second kappa shape index (κ2) is 7.35. The van der Waals surface area contributed by atoms with Crippen LogP contribution in [0.5, 0.6) is 0 Å². The summed E-state index contributed by atoms with van der Waals surface area (Å²) in [6.45, 7) is 6.72. The largest absolute Gasteiger partial charge is 0.354 e. The number of hydrogen-bond donors (Lipinski definition) is 2. The standard InChI is InChI=1S/C10H20N2O2/c1-4-5-9(13)12-7-10(14)11-6-8(2)3/h8H,4-7H2,1-3H3,(H,11,14)(H,12,13).